The molecule has 23 heavy (non-hydrogen) atoms. The summed E-state index contributed by atoms with van der Waals surface area (Å²) < 4.78 is 10.5. The largest absolute Gasteiger partial charge is 0.497 e. The number of methoxy groups -OCH3 is 2. The van der Waals surface area contributed by atoms with E-state index in [1.165, 1.54) is 5.56 Å². The summed E-state index contributed by atoms with van der Waals surface area (Å²) in [5.74, 6) is 1.54. The second-order valence-electron chi connectivity index (χ2n) is 5.31. The number of rotatable bonds is 8. The van der Waals surface area contributed by atoms with Gasteiger partial charge < -0.3 is 14.8 Å². The van der Waals surface area contributed by atoms with Crippen LogP contribution in [0.4, 0.5) is 0 Å². The summed E-state index contributed by atoms with van der Waals surface area (Å²) in [5, 5.41) is 2.96. The molecular formula is C19H23NO3. The first-order valence-corrected chi connectivity index (χ1v) is 7.74. The lowest BCUT2D eigenvalue weighted by Crippen LogP contribution is -2.25. The van der Waals surface area contributed by atoms with Gasteiger partial charge in [-0.1, -0.05) is 30.3 Å². The Morgan fingerprint density at radius 1 is 0.913 bits per heavy atom. The molecule has 0 aromatic heterocycles. The van der Waals surface area contributed by atoms with Crippen LogP contribution in [0.2, 0.25) is 0 Å². The Morgan fingerprint density at radius 2 is 1.57 bits per heavy atom. The van der Waals surface area contributed by atoms with E-state index < -0.39 is 0 Å². The molecule has 2 aromatic rings. The Hall–Kier alpha value is -2.49. The van der Waals surface area contributed by atoms with Gasteiger partial charge >= 0.3 is 0 Å². The smallest absolute Gasteiger partial charge is 0.220 e. The topological polar surface area (TPSA) is 47.6 Å². The third-order valence-corrected chi connectivity index (χ3v) is 3.63. The molecule has 0 atom stereocenters. The van der Waals surface area contributed by atoms with E-state index in [9.17, 15) is 4.79 Å². The molecule has 4 heteroatoms. The minimum atomic E-state index is 0.0581. The van der Waals surface area contributed by atoms with Gasteiger partial charge in [-0.25, -0.2) is 0 Å². The van der Waals surface area contributed by atoms with E-state index in [4.69, 9.17) is 9.47 Å². The molecule has 0 unspecified atom stereocenters. The Morgan fingerprint density at radius 3 is 2.17 bits per heavy atom. The van der Waals surface area contributed by atoms with Gasteiger partial charge in [0.2, 0.25) is 5.91 Å². The lowest BCUT2D eigenvalue weighted by molar-refractivity contribution is -0.121. The average molecular weight is 313 g/mol. The quantitative estimate of drug-likeness (QED) is 0.815. The highest BCUT2D eigenvalue weighted by Gasteiger charge is 2.05. The van der Waals surface area contributed by atoms with Crippen molar-refractivity contribution in [3.8, 4) is 11.5 Å². The number of aryl methyl sites for hydroxylation is 1. The Balaban J connectivity index is 1.78. The molecule has 0 aliphatic carbocycles. The second-order valence-corrected chi connectivity index (χ2v) is 5.31. The van der Waals surface area contributed by atoms with Gasteiger partial charge in [0.05, 0.1) is 14.2 Å². The highest BCUT2D eigenvalue weighted by molar-refractivity contribution is 5.76. The van der Waals surface area contributed by atoms with E-state index >= 15 is 0 Å². The molecule has 0 radical (unpaired) electrons. The third-order valence-electron chi connectivity index (χ3n) is 3.63. The summed E-state index contributed by atoms with van der Waals surface area (Å²) in [6.07, 6.45) is 1.95. The van der Waals surface area contributed by atoms with Crippen LogP contribution in [0.1, 0.15) is 17.5 Å². The monoisotopic (exact) mass is 313 g/mol. The van der Waals surface area contributed by atoms with Gasteiger partial charge in [0, 0.05) is 19.0 Å². The van der Waals surface area contributed by atoms with Crippen LogP contribution in [0.15, 0.2) is 48.5 Å². The molecule has 2 aromatic carbocycles. The predicted molar refractivity (Wildman–Crippen MR) is 91.0 cm³/mol. The molecule has 0 aliphatic rings. The molecule has 4 nitrogen and oxygen atoms in total. The first-order chi connectivity index (χ1) is 11.2. The molecule has 0 saturated heterocycles. The zero-order valence-electron chi connectivity index (χ0n) is 13.7. The van der Waals surface area contributed by atoms with E-state index in [0.717, 1.165) is 23.5 Å². The molecule has 2 rings (SSSR count). The summed E-state index contributed by atoms with van der Waals surface area (Å²) >= 11 is 0. The van der Waals surface area contributed by atoms with Gasteiger partial charge in [-0.3, -0.25) is 4.79 Å². The van der Waals surface area contributed by atoms with Crippen molar-refractivity contribution in [1.82, 2.24) is 5.32 Å². The number of carbonyl (C=O) groups is 1. The van der Waals surface area contributed by atoms with Gasteiger partial charge in [-0.15, -0.1) is 0 Å². The fraction of sp³-hybridized carbons (Fsp3) is 0.316. The number of hydrogen-bond acceptors (Lipinski definition) is 3. The van der Waals surface area contributed by atoms with Gasteiger partial charge in [0.15, 0.2) is 0 Å². The number of benzene rings is 2. The van der Waals surface area contributed by atoms with Crippen LogP contribution < -0.4 is 14.8 Å². The zero-order chi connectivity index (χ0) is 16.5. The predicted octanol–water partition coefficient (Wildman–Crippen LogP) is 3.00. The van der Waals surface area contributed by atoms with Crippen LogP contribution in [0.5, 0.6) is 11.5 Å². The normalized spacial score (nSPS) is 10.2. The number of nitrogens with one attached hydrogen (secondary N) is 1. The van der Waals surface area contributed by atoms with Crippen molar-refractivity contribution >= 4 is 5.91 Å². The molecular weight excluding hydrogens is 290 g/mol. The van der Waals surface area contributed by atoms with Crippen LogP contribution in [0, 0.1) is 0 Å². The molecule has 0 fully saturated rings. The first kappa shape index (κ1) is 16.9. The molecule has 0 aliphatic heterocycles. The lowest BCUT2D eigenvalue weighted by atomic mass is 10.1. The van der Waals surface area contributed by atoms with Crippen molar-refractivity contribution in [3.05, 3.63) is 59.7 Å². The van der Waals surface area contributed by atoms with E-state index in [2.05, 4.69) is 17.4 Å². The summed E-state index contributed by atoms with van der Waals surface area (Å²) in [5.41, 5.74) is 2.25. The molecule has 0 spiro atoms. The zero-order valence-corrected chi connectivity index (χ0v) is 13.7. The number of carbonyl (C=O) groups excluding carboxylic acids is 1. The van der Waals surface area contributed by atoms with E-state index in [1.807, 2.05) is 36.4 Å². The van der Waals surface area contributed by atoms with Gasteiger partial charge in [-0.05, 0) is 36.1 Å². The van der Waals surface area contributed by atoms with E-state index in [1.54, 1.807) is 14.2 Å². The van der Waals surface area contributed by atoms with E-state index in [-0.39, 0.29) is 5.91 Å². The van der Waals surface area contributed by atoms with Crippen LogP contribution in [-0.2, 0) is 17.6 Å². The third kappa shape index (κ3) is 5.66. The van der Waals surface area contributed by atoms with Crippen LogP contribution in [-0.4, -0.2) is 26.7 Å². The molecule has 0 bridgehead atoms. The van der Waals surface area contributed by atoms with Crippen molar-refractivity contribution in [1.29, 1.82) is 0 Å². The van der Waals surface area contributed by atoms with Crippen molar-refractivity contribution < 1.29 is 14.3 Å². The summed E-state index contributed by atoms with van der Waals surface area (Å²) in [7, 11) is 3.24. The maximum Gasteiger partial charge on any atom is 0.220 e. The first-order valence-electron chi connectivity index (χ1n) is 7.74. The number of ether oxygens (including phenoxy) is 2. The molecule has 1 amide bonds. The Labute approximate surface area is 137 Å². The van der Waals surface area contributed by atoms with Crippen molar-refractivity contribution in [2.75, 3.05) is 20.8 Å². The fourth-order valence-corrected chi connectivity index (χ4v) is 2.35. The number of hydrogen-bond donors (Lipinski definition) is 1. The molecule has 0 saturated carbocycles. The summed E-state index contributed by atoms with van der Waals surface area (Å²) in [6.45, 7) is 0.657. The maximum atomic E-state index is 11.9. The van der Waals surface area contributed by atoms with Gasteiger partial charge in [0.1, 0.15) is 11.5 Å². The van der Waals surface area contributed by atoms with Crippen molar-refractivity contribution in [2.24, 2.45) is 0 Å². The molecule has 122 valence electrons. The standard InChI is InChI=1S/C19H23NO3/c1-22-17-12-16(13-18(14-17)23-2)8-9-19(21)20-11-10-15-6-4-3-5-7-15/h3-7,12-14H,8-11H2,1-2H3,(H,20,21). The van der Waals surface area contributed by atoms with Crippen LogP contribution in [0.3, 0.4) is 0 Å². The maximum absolute atomic E-state index is 11.9. The molecule has 0 heterocycles. The van der Waals surface area contributed by atoms with Crippen LogP contribution >= 0.6 is 0 Å². The average Bonchev–Trinajstić information content (AvgIpc) is 2.60. The van der Waals surface area contributed by atoms with Crippen molar-refractivity contribution in [3.63, 3.8) is 0 Å². The minimum Gasteiger partial charge on any atom is -0.497 e. The van der Waals surface area contributed by atoms with Crippen molar-refractivity contribution in [2.45, 2.75) is 19.3 Å². The Kier molecular flexibility index (Phi) is 6.48. The second kappa shape index (κ2) is 8.83. The molecule has 1 N–H and O–H groups in total. The minimum absolute atomic E-state index is 0.0581. The fourth-order valence-electron chi connectivity index (χ4n) is 2.35. The van der Waals surface area contributed by atoms with E-state index in [0.29, 0.717) is 19.4 Å². The highest BCUT2D eigenvalue weighted by Crippen LogP contribution is 2.23. The Bertz CT molecular complexity index is 604. The van der Waals surface area contributed by atoms with Gasteiger partial charge in [-0.2, -0.15) is 0 Å². The van der Waals surface area contributed by atoms with Crippen LogP contribution in [0.25, 0.3) is 0 Å². The summed E-state index contributed by atoms with van der Waals surface area (Å²) in [4.78, 5) is 11.9. The lowest BCUT2D eigenvalue weighted by Gasteiger charge is -2.09. The SMILES string of the molecule is COc1cc(CCC(=O)NCCc2ccccc2)cc(OC)c1. The number of amides is 1. The highest BCUT2D eigenvalue weighted by atomic mass is 16.5. The van der Waals surface area contributed by atoms with Gasteiger partial charge in [0.25, 0.3) is 0 Å². The summed E-state index contributed by atoms with van der Waals surface area (Å²) in [6, 6.07) is 15.8.